The van der Waals surface area contributed by atoms with Crippen molar-refractivity contribution in [3.63, 3.8) is 0 Å². The lowest BCUT2D eigenvalue weighted by molar-refractivity contribution is 0.322. The molecule has 0 saturated heterocycles. The number of hydrogen-bond acceptors (Lipinski definition) is 4. The summed E-state index contributed by atoms with van der Waals surface area (Å²) >= 11 is 1.71. The molecule has 0 bridgehead atoms. The van der Waals surface area contributed by atoms with Gasteiger partial charge in [-0.05, 0) is 32.5 Å². The Morgan fingerprint density at radius 1 is 1.25 bits per heavy atom. The Bertz CT molecular complexity index is 623. The van der Waals surface area contributed by atoms with Crippen molar-refractivity contribution in [2.24, 2.45) is 4.99 Å². The van der Waals surface area contributed by atoms with Gasteiger partial charge in [-0.25, -0.2) is 4.98 Å². The van der Waals surface area contributed by atoms with Crippen molar-refractivity contribution in [1.82, 2.24) is 20.5 Å². The molecule has 0 saturated carbocycles. The lowest BCUT2D eigenvalue weighted by Gasteiger charge is -2.17. The van der Waals surface area contributed by atoms with Gasteiger partial charge in [0.2, 0.25) is 0 Å². The summed E-state index contributed by atoms with van der Waals surface area (Å²) < 4.78 is 0. The smallest absolute Gasteiger partial charge is 0.191 e. The van der Waals surface area contributed by atoms with E-state index in [1.54, 1.807) is 18.4 Å². The minimum atomic E-state index is 0.714. The molecule has 0 fully saturated rings. The summed E-state index contributed by atoms with van der Waals surface area (Å²) in [5, 5.41) is 7.74. The first-order chi connectivity index (χ1) is 11.7. The first kappa shape index (κ1) is 18.4. The third-order valence-electron chi connectivity index (χ3n) is 3.60. The molecule has 0 aliphatic rings. The molecule has 2 aromatic rings. The Morgan fingerprint density at radius 3 is 2.71 bits per heavy atom. The Morgan fingerprint density at radius 2 is 2.04 bits per heavy atom. The number of thiazole rings is 1. The second-order valence-corrected chi connectivity index (χ2v) is 7.11. The lowest BCUT2D eigenvalue weighted by Crippen LogP contribution is -2.38. The fourth-order valence-electron chi connectivity index (χ4n) is 2.39. The highest BCUT2D eigenvalue weighted by Gasteiger charge is 2.03. The standard InChI is InChI=1S/C18H27N5S/c1-15-12-21-17(24-15)13-22-18(19-2)20-10-7-11-23(3)14-16-8-5-4-6-9-16/h4-6,8-9,12H,7,10-11,13-14H2,1-3H3,(H2,19,20,22). The van der Waals surface area contributed by atoms with Gasteiger partial charge in [0.1, 0.15) is 5.01 Å². The van der Waals surface area contributed by atoms with Gasteiger partial charge < -0.3 is 15.5 Å². The summed E-state index contributed by atoms with van der Waals surface area (Å²) in [6.45, 7) is 5.71. The molecule has 6 heteroatoms. The molecule has 0 unspecified atom stereocenters. The fourth-order valence-corrected chi connectivity index (χ4v) is 3.12. The van der Waals surface area contributed by atoms with Crippen molar-refractivity contribution < 1.29 is 0 Å². The number of guanidine groups is 1. The molecule has 0 aliphatic heterocycles. The van der Waals surface area contributed by atoms with Crippen molar-refractivity contribution in [2.75, 3.05) is 27.2 Å². The third-order valence-corrected chi connectivity index (χ3v) is 4.52. The average Bonchev–Trinajstić information content (AvgIpc) is 3.00. The molecule has 5 nitrogen and oxygen atoms in total. The Balaban J connectivity index is 1.61. The highest BCUT2D eigenvalue weighted by atomic mass is 32.1. The molecule has 0 radical (unpaired) electrons. The van der Waals surface area contributed by atoms with Gasteiger partial charge in [-0.15, -0.1) is 11.3 Å². The minimum absolute atomic E-state index is 0.714. The number of nitrogens with zero attached hydrogens (tertiary/aromatic N) is 3. The molecule has 0 amide bonds. The van der Waals surface area contributed by atoms with E-state index in [-0.39, 0.29) is 0 Å². The SMILES string of the molecule is CN=C(NCCCN(C)Cc1ccccc1)NCc1ncc(C)s1. The predicted octanol–water partition coefficient (Wildman–Crippen LogP) is 2.64. The van der Waals surface area contributed by atoms with Crippen molar-refractivity contribution >= 4 is 17.3 Å². The zero-order chi connectivity index (χ0) is 17.2. The second kappa shape index (κ2) is 10.1. The summed E-state index contributed by atoms with van der Waals surface area (Å²) in [4.78, 5) is 12.2. The van der Waals surface area contributed by atoms with E-state index < -0.39 is 0 Å². The highest BCUT2D eigenvalue weighted by Crippen LogP contribution is 2.10. The quantitative estimate of drug-likeness (QED) is 0.439. The van der Waals surface area contributed by atoms with Gasteiger partial charge >= 0.3 is 0 Å². The van der Waals surface area contributed by atoms with Crippen LogP contribution in [0.1, 0.15) is 21.9 Å². The van der Waals surface area contributed by atoms with Crippen molar-refractivity contribution in [3.05, 3.63) is 52.0 Å². The summed E-state index contributed by atoms with van der Waals surface area (Å²) in [5.41, 5.74) is 1.35. The average molecular weight is 346 g/mol. The molecular weight excluding hydrogens is 318 g/mol. The first-order valence-corrected chi connectivity index (χ1v) is 9.07. The van der Waals surface area contributed by atoms with E-state index in [9.17, 15) is 0 Å². The molecule has 24 heavy (non-hydrogen) atoms. The van der Waals surface area contributed by atoms with Crippen LogP contribution in [0, 0.1) is 6.92 Å². The molecule has 0 spiro atoms. The zero-order valence-corrected chi connectivity index (χ0v) is 15.6. The van der Waals surface area contributed by atoms with E-state index in [2.05, 4.69) is 69.8 Å². The third kappa shape index (κ3) is 6.68. The molecule has 2 rings (SSSR count). The number of nitrogens with one attached hydrogen (secondary N) is 2. The summed E-state index contributed by atoms with van der Waals surface area (Å²) in [5.74, 6) is 0.827. The first-order valence-electron chi connectivity index (χ1n) is 8.25. The van der Waals surface area contributed by atoms with Crippen molar-refractivity contribution in [1.29, 1.82) is 0 Å². The molecule has 2 N–H and O–H groups in total. The number of rotatable bonds is 8. The van der Waals surface area contributed by atoms with Crippen LogP contribution in [0.4, 0.5) is 0 Å². The van der Waals surface area contributed by atoms with E-state index in [0.29, 0.717) is 6.54 Å². The van der Waals surface area contributed by atoms with Crippen LogP contribution in [0.2, 0.25) is 0 Å². The van der Waals surface area contributed by atoms with Gasteiger partial charge in [0.15, 0.2) is 5.96 Å². The highest BCUT2D eigenvalue weighted by molar-refractivity contribution is 7.11. The zero-order valence-electron chi connectivity index (χ0n) is 14.7. The summed E-state index contributed by atoms with van der Waals surface area (Å²) in [6, 6.07) is 10.6. The van der Waals surface area contributed by atoms with Gasteiger partial charge in [0, 0.05) is 31.2 Å². The van der Waals surface area contributed by atoms with Crippen LogP contribution in [0.5, 0.6) is 0 Å². The van der Waals surface area contributed by atoms with E-state index in [1.165, 1.54) is 10.4 Å². The van der Waals surface area contributed by atoms with Gasteiger partial charge in [-0.3, -0.25) is 4.99 Å². The van der Waals surface area contributed by atoms with Gasteiger partial charge in [-0.1, -0.05) is 30.3 Å². The van der Waals surface area contributed by atoms with Gasteiger partial charge in [-0.2, -0.15) is 0 Å². The van der Waals surface area contributed by atoms with Crippen LogP contribution in [-0.2, 0) is 13.1 Å². The molecule has 1 aromatic heterocycles. The molecular formula is C18H27N5S. The van der Waals surface area contributed by atoms with E-state index in [4.69, 9.17) is 0 Å². The van der Waals surface area contributed by atoms with E-state index in [1.807, 2.05) is 6.20 Å². The van der Waals surface area contributed by atoms with Crippen LogP contribution >= 0.6 is 11.3 Å². The number of aromatic nitrogens is 1. The van der Waals surface area contributed by atoms with Crippen LogP contribution in [-0.4, -0.2) is 43.0 Å². The monoisotopic (exact) mass is 345 g/mol. The maximum absolute atomic E-state index is 4.35. The molecule has 1 aromatic carbocycles. The number of aliphatic imine (C=N–C) groups is 1. The fraction of sp³-hybridized carbons (Fsp3) is 0.444. The second-order valence-electron chi connectivity index (χ2n) is 5.79. The lowest BCUT2D eigenvalue weighted by atomic mass is 10.2. The number of hydrogen-bond donors (Lipinski definition) is 2. The van der Waals surface area contributed by atoms with Crippen LogP contribution in [0.25, 0.3) is 0 Å². The van der Waals surface area contributed by atoms with Crippen LogP contribution < -0.4 is 10.6 Å². The molecule has 130 valence electrons. The summed E-state index contributed by atoms with van der Waals surface area (Å²) in [7, 11) is 3.95. The Hall–Kier alpha value is -1.92. The van der Waals surface area contributed by atoms with Gasteiger partial charge in [0.25, 0.3) is 0 Å². The minimum Gasteiger partial charge on any atom is -0.356 e. The normalized spacial score (nSPS) is 11.8. The van der Waals surface area contributed by atoms with Crippen LogP contribution in [0.15, 0.2) is 41.5 Å². The maximum Gasteiger partial charge on any atom is 0.191 e. The van der Waals surface area contributed by atoms with E-state index in [0.717, 1.165) is 37.0 Å². The molecule has 1 heterocycles. The maximum atomic E-state index is 4.35. The number of aryl methyl sites for hydroxylation is 1. The van der Waals surface area contributed by atoms with Gasteiger partial charge in [0.05, 0.1) is 6.54 Å². The van der Waals surface area contributed by atoms with E-state index >= 15 is 0 Å². The Kier molecular flexibility index (Phi) is 7.71. The predicted molar refractivity (Wildman–Crippen MR) is 102 cm³/mol. The molecule has 0 atom stereocenters. The van der Waals surface area contributed by atoms with Crippen molar-refractivity contribution in [3.8, 4) is 0 Å². The summed E-state index contributed by atoms with van der Waals surface area (Å²) in [6.07, 6.45) is 2.97. The number of benzene rings is 1. The van der Waals surface area contributed by atoms with Crippen molar-refractivity contribution in [2.45, 2.75) is 26.4 Å². The largest absolute Gasteiger partial charge is 0.356 e. The van der Waals surface area contributed by atoms with Crippen LogP contribution in [0.3, 0.4) is 0 Å². The Labute approximate surface area is 148 Å². The molecule has 0 aliphatic carbocycles. The topological polar surface area (TPSA) is 52.6 Å².